The van der Waals surface area contributed by atoms with E-state index in [1.165, 1.54) is 16.6 Å². The number of imidazole rings is 1. The molecule has 1 aromatic carbocycles. The summed E-state index contributed by atoms with van der Waals surface area (Å²) >= 11 is 0. The van der Waals surface area contributed by atoms with E-state index >= 15 is 8.78 Å². The van der Waals surface area contributed by atoms with Gasteiger partial charge in [0.1, 0.15) is 11.6 Å². The van der Waals surface area contributed by atoms with Crippen molar-refractivity contribution in [2.75, 3.05) is 12.4 Å². The van der Waals surface area contributed by atoms with Gasteiger partial charge >= 0.3 is 0 Å². The summed E-state index contributed by atoms with van der Waals surface area (Å²) in [6.45, 7) is 2.01. The number of fused-ring (bicyclic) bond motifs is 1. The largest absolute Gasteiger partial charge is 0.391 e. The zero-order chi connectivity index (χ0) is 28.0. The number of aromatic nitrogens is 4. The minimum Gasteiger partial charge on any atom is -0.391 e. The number of pyridine rings is 1. The predicted molar refractivity (Wildman–Crippen MR) is 148 cm³/mol. The molecular formula is C30H34F2N6O2. The van der Waals surface area contributed by atoms with Crippen LogP contribution < -0.4 is 11.1 Å². The predicted octanol–water partition coefficient (Wildman–Crippen LogP) is 5.43. The Kier molecular flexibility index (Phi) is 7.02. The molecule has 2 aliphatic rings. The third kappa shape index (κ3) is 4.63. The molecule has 10 heteroatoms. The number of aliphatic hydroxyl groups is 1. The Morgan fingerprint density at radius 3 is 2.55 bits per heavy atom. The van der Waals surface area contributed by atoms with Crippen molar-refractivity contribution in [2.45, 2.75) is 69.1 Å². The maximum absolute atomic E-state index is 15.5. The quantitative estimate of drug-likeness (QED) is 0.295. The second-order valence-electron chi connectivity index (χ2n) is 11.2. The number of nitrogens with two attached hydrogens (primary N) is 1. The van der Waals surface area contributed by atoms with Gasteiger partial charge in [0.2, 0.25) is 5.95 Å². The Hall–Kier alpha value is -3.47. The van der Waals surface area contributed by atoms with Crippen LogP contribution in [0.1, 0.15) is 62.5 Å². The molecule has 4 N–H and O–H groups in total. The summed E-state index contributed by atoms with van der Waals surface area (Å²) < 4.78 is 38.2. The highest BCUT2D eigenvalue weighted by Gasteiger charge is 2.37. The molecule has 0 radical (unpaired) electrons. The van der Waals surface area contributed by atoms with Crippen LogP contribution in [0.4, 0.5) is 20.4 Å². The summed E-state index contributed by atoms with van der Waals surface area (Å²) in [6, 6.07) is 7.71. The standard InChI is InChI=1S/C30H34F2N6O2/c1-17-11-18(12-24(33)28(17)39)21-7-10-34-16-26(21)36-29-35-15-20-5-6-25(37-38(20)29)27-22(31)13-19(14-23(27)32)30(40-2)8-3-4-9-30/h5-7,10,13-18,24,28,39H,3-4,8-9,11-12,33H2,1-2H3,(H,35,36)/t17-,18+,24+,28+/m0/s1. The average molecular weight is 549 g/mol. The van der Waals surface area contributed by atoms with Gasteiger partial charge in [-0.05, 0) is 79.0 Å². The van der Waals surface area contributed by atoms with Crippen LogP contribution in [0.2, 0.25) is 0 Å². The topological polar surface area (TPSA) is 111 Å². The van der Waals surface area contributed by atoms with Crippen molar-refractivity contribution in [3.63, 3.8) is 0 Å². The molecule has 210 valence electrons. The molecular weight excluding hydrogens is 514 g/mol. The van der Waals surface area contributed by atoms with E-state index < -0.39 is 23.3 Å². The first-order valence-corrected chi connectivity index (χ1v) is 13.8. The molecule has 0 aliphatic heterocycles. The van der Waals surface area contributed by atoms with Gasteiger partial charge in [0.05, 0.1) is 46.6 Å². The van der Waals surface area contributed by atoms with E-state index in [0.29, 0.717) is 23.4 Å². The molecule has 2 aliphatic carbocycles. The fourth-order valence-electron chi connectivity index (χ4n) is 6.55. The molecule has 2 fully saturated rings. The van der Waals surface area contributed by atoms with Crippen molar-refractivity contribution >= 4 is 17.2 Å². The van der Waals surface area contributed by atoms with Crippen molar-refractivity contribution in [3.8, 4) is 11.3 Å². The van der Waals surface area contributed by atoms with Gasteiger partial charge in [0.15, 0.2) is 0 Å². The molecule has 0 bridgehead atoms. The van der Waals surface area contributed by atoms with Gasteiger partial charge in [0.25, 0.3) is 0 Å². The smallest absolute Gasteiger partial charge is 0.229 e. The zero-order valence-corrected chi connectivity index (χ0v) is 22.6. The van der Waals surface area contributed by atoms with Crippen molar-refractivity contribution in [1.82, 2.24) is 19.6 Å². The van der Waals surface area contributed by atoms with Crippen LogP contribution in [0.5, 0.6) is 0 Å². The molecule has 0 spiro atoms. The van der Waals surface area contributed by atoms with E-state index in [-0.39, 0.29) is 29.1 Å². The second-order valence-corrected chi connectivity index (χ2v) is 11.2. The van der Waals surface area contributed by atoms with Crippen LogP contribution in [0.15, 0.2) is 48.9 Å². The monoisotopic (exact) mass is 548 g/mol. The van der Waals surface area contributed by atoms with Crippen LogP contribution >= 0.6 is 0 Å². The van der Waals surface area contributed by atoms with E-state index in [1.807, 2.05) is 13.0 Å². The number of ether oxygens (including phenoxy) is 1. The molecule has 0 unspecified atom stereocenters. The first kappa shape index (κ1) is 26.7. The van der Waals surface area contributed by atoms with Crippen LogP contribution in [-0.4, -0.2) is 43.9 Å². The first-order valence-electron chi connectivity index (χ1n) is 13.8. The third-order valence-electron chi connectivity index (χ3n) is 8.79. The molecule has 4 aromatic rings. The molecule has 4 atom stereocenters. The fraction of sp³-hybridized carbons (Fsp3) is 0.433. The highest BCUT2D eigenvalue weighted by atomic mass is 19.1. The van der Waals surface area contributed by atoms with E-state index in [2.05, 4.69) is 20.4 Å². The number of nitrogens with zero attached hydrogens (tertiary/aromatic N) is 4. The number of rotatable bonds is 6. The minimum absolute atomic E-state index is 0.0647. The number of hydrogen-bond acceptors (Lipinski definition) is 7. The van der Waals surface area contributed by atoms with E-state index in [9.17, 15) is 5.11 Å². The summed E-state index contributed by atoms with van der Waals surface area (Å²) in [4.78, 5) is 8.76. The summed E-state index contributed by atoms with van der Waals surface area (Å²) in [5.74, 6) is -0.778. The SMILES string of the molecule is COC1(c2cc(F)c(-c3ccc4cnc(Nc5cnccc5[C@H]5C[C@@H](N)[C@H](O)[C@@H](C)C5)n4n3)c(F)c2)CCCC1. The molecule has 3 heterocycles. The molecule has 40 heavy (non-hydrogen) atoms. The van der Waals surface area contributed by atoms with Gasteiger partial charge in [-0.2, -0.15) is 9.61 Å². The first-order chi connectivity index (χ1) is 19.3. The van der Waals surface area contributed by atoms with Crippen LogP contribution in [-0.2, 0) is 10.3 Å². The van der Waals surface area contributed by atoms with Gasteiger partial charge in [-0.3, -0.25) is 4.98 Å². The van der Waals surface area contributed by atoms with Crippen molar-refractivity contribution in [1.29, 1.82) is 0 Å². The lowest BCUT2D eigenvalue weighted by Crippen LogP contribution is -2.44. The highest BCUT2D eigenvalue weighted by molar-refractivity contribution is 5.66. The Labute approximate surface area is 231 Å². The molecule has 3 aromatic heterocycles. The number of benzene rings is 1. The van der Waals surface area contributed by atoms with Crippen LogP contribution in [0.25, 0.3) is 16.8 Å². The van der Waals surface area contributed by atoms with Crippen molar-refractivity contribution in [3.05, 3.63) is 71.7 Å². The number of aliphatic hydroxyl groups excluding tert-OH is 1. The minimum atomic E-state index is -0.681. The number of halogens is 2. The van der Waals surface area contributed by atoms with Crippen LogP contribution in [0.3, 0.4) is 0 Å². The Morgan fingerprint density at radius 1 is 1.10 bits per heavy atom. The van der Waals surface area contributed by atoms with Gasteiger partial charge in [-0.1, -0.05) is 19.8 Å². The van der Waals surface area contributed by atoms with Gasteiger partial charge < -0.3 is 20.9 Å². The second kappa shape index (κ2) is 10.5. The van der Waals surface area contributed by atoms with Crippen molar-refractivity contribution in [2.24, 2.45) is 11.7 Å². The zero-order valence-electron chi connectivity index (χ0n) is 22.6. The Morgan fingerprint density at radius 2 is 1.85 bits per heavy atom. The molecule has 2 saturated carbocycles. The summed E-state index contributed by atoms with van der Waals surface area (Å²) in [5, 5.41) is 18.2. The fourth-order valence-corrected chi connectivity index (χ4v) is 6.55. The van der Waals surface area contributed by atoms with Crippen molar-refractivity contribution < 1.29 is 18.6 Å². The van der Waals surface area contributed by atoms with E-state index in [4.69, 9.17) is 10.5 Å². The summed E-state index contributed by atoms with van der Waals surface area (Å²) in [6.07, 6.45) is 9.39. The average Bonchev–Trinajstić information content (AvgIpc) is 3.59. The Balaban J connectivity index is 1.34. The Bertz CT molecular complexity index is 1500. The normalized spacial score (nSPS) is 24.4. The number of nitrogens with one attached hydrogen (secondary N) is 1. The number of hydrogen-bond donors (Lipinski definition) is 3. The number of methoxy groups -OCH3 is 1. The molecule has 0 amide bonds. The van der Waals surface area contributed by atoms with Crippen LogP contribution in [0, 0.1) is 17.6 Å². The maximum Gasteiger partial charge on any atom is 0.229 e. The lowest BCUT2D eigenvalue weighted by Gasteiger charge is -2.36. The molecule has 6 rings (SSSR count). The highest BCUT2D eigenvalue weighted by Crippen LogP contribution is 2.43. The van der Waals surface area contributed by atoms with Gasteiger partial charge in [-0.25, -0.2) is 13.8 Å². The molecule has 8 nitrogen and oxygen atoms in total. The summed E-state index contributed by atoms with van der Waals surface area (Å²) in [5.41, 5.74) is 8.48. The summed E-state index contributed by atoms with van der Waals surface area (Å²) in [7, 11) is 1.60. The molecule has 0 saturated heterocycles. The maximum atomic E-state index is 15.5. The van der Waals surface area contributed by atoms with Gasteiger partial charge in [-0.15, -0.1) is 0 Å². The van der Waals surface area contributed by atoms with E-state index in [1.54, 1.807) is 37.8 Å². The lowest BCUT2D eigenvalue weighted by atomic mass is 9.74. The number of anilines is 2. The lowest BCUT2D eigenvalue weighted by molar-refractivity contribution is -0.00914. The van der Waals surface area contributed by atoms with E-state index in [0.717, 1.165) is 43.4 Å². The van der Waals surface area contributed by atoms with Gasteiger partial charge in [0, 0.05) is 19.3 Å². The third-order valence-corrected chi connectivity index (χ3v) is 8.79.